The molecule has 1 amide bonds. The summed E-state index contributed by atoms with van der Waals surface area (Å²) in [6.07, 6.45) is 1.54. The number of hydrogen-bond acceptors (Lipinski definition) is 4. The molecule has 2 aromatic rings. The number of ether oxygens (including phenoxy) is 1. The van der Waals surface area contributed by atoms with Crippen molar-refractivity contribution in [3.63, 3.8) is 0 Å². The Labute approximate surface area is 146 Å². The van der Waals surface area contributed by atoms with Crippen LogP contribution in [0.3, 0.4) is 0 Å². The van der Waals surface area contributed by atoms with E-state index in [2.05, 4.69) is 21.6 Å². The number of aryl methyl sites for hydroxylation is 1. The van der Waals surface area contributed by atoms with Gasteiger partial charge in [0.1, 0.15) is 18.5 Å². The molecule has 0 unspecified atom stereocenters. The second kappa shape index (κ2) is 8.11. The van der Waals surface area contributed by atoms with Crippen LogP contribution in [0.2, 0.25) is 0 Å². The number of nitrogens with one attached hydrogen (secondary N) is 2. The molecule has 1 aromatic heterocycles. The highest BCUT2D eigenvalue weighted by Crippen LogP contribution is 2.25. The van der Waals surface area contributed by atoms with Crippen LogP contribution in [0.15, 0.2) is 24.4 Å². The third-order valence-corrected chi connectivity index (χ3v) is 4.18. The number of aromatic amines is 1. The quantitative estimate of drug-likeness (QED) is 0.750. The van der Waals surface area contributed by atoms with Gasteiger partial charge in [-0.05, 0) is 43.2 Å². The first-order valence-corrected chi connectivity index (χ1v) is 8.39. The van der Waals surface area contributed by atoms with Gasteiger partial charge in [0.25, 0.3) is 0 Å². The molecule has 0 aliphatic carbocycles. The maximum Gasteiger partial charge on any atom is 0.234 e. The average Bonchev–Trinajstić information content (AvgIpc) is 3.20. The molecule has 0 saturated carbocycles. The molecule has 1 fully saturated rings. The minimum absolute atomic E-state index is 0.105. The molecule has 0 bridgehead atoms. The normalized spacial score (nSPS) is 17.6. The highest BCUT2D eigenvalue weighted by Gasteiger charge is 2.23. The van der Waals surface area contributed by atoms with Gasteiger partial charge < -0.3 is 10.1 Å². The molecule has 1 aromatic carbocycles. The molecule has 1 radical (unpaired) electrons. The minimum atomic E-state index is -0.807. The van der Waals surface area contributed by atoms with Gasteiger partial charge in [-0.2, -0.15) is 5.10 Å². The second-order valence-electron chi connectivity index (χ2n) is 6.16. The Morgan fingerprint density at radius 1 is 1.56 bits per heavy atom. The van der Waals surface area contributed by atoms with Gasteiger partial charge in [-0.3, -0.25) is 14.8 Å². The molecule has 3 rings (SSSR count). The predicted molar refractivity (Wildman–Crippen MR) is 92.1 cm³/mol. The predicted octanol–water partition coefficient (Wildman–Crippen LogP) is 1.72. The number of hydrogen-bond donors (Lipinski definition) is 2. The minimum Gasteiger partial charge on any atom is -0.492 e. The Balaban J connectivity index is 1.42. The van der Waals surface area contributed by atoms with E-state index >= 15 is 0 Å². The van der Waals surface area contributed by atoms with Gasteiger partial charge in [-0.15, -0.1) is 0 Å². The lowest BCUT2D eigenvalue weighted by Gasteiger charge is -2.14. The molecule has 133 valence electrons. The molecule has 7 heteroatoms. The fraction of sp³-hybridized carbons (Fsp3) is 0.444. The Morgan fingerprint density at radius 3 is 3.16 bits per heavy atom. The molecule has 1 aliphatic rings. The summed E-state index contributed by atoms with van der Waals surface area (Å²) in [5.41, 5.74) is 2.89. The van der Waals surface area contributed by atoms with Gasteiger partial charge in [-0.1, -0.05) is 0 Å². The smallest absolute Gasteiger partial charge is 0.234 e. The monoisotopic (exact) mass is 345 g/mol. The summed E-state index contributed by atoms with van der Waals surface area (Å²) in [4.78, 5) is 13.6. The highest BCUT2D eigenvalue weighted by atomic mass is 19.1. The zero-order valence-corrected chi connectivity index (χ0v) is 14.2. The van der Waals surface area contributed by atoms with Crippen molar-refractivity contribution in [1.29, 1.82) is 0 Å². The van der Waals surface area contributed by atoms with Crippen molar-refractivity contribution in [2.24, 2.45) is 0 Å². The van der Waals surface area contributed by atoms with E-state index in [1.807, 2.05) is 30.2 Å². The van der Waals surface area contributed by atoms with Crippen molar-refractivity contribution in [3.8, 4) is 16.9 Å². The van der Waals surface area contributed by atoms with E-state index in [1.165, 1.54) is 0 Å². The molecule has 1 saturated heterocycles. The summed E-state index contributed by atoms with van der Waals surface area (Å²) in [5, 5.41) is 9.74. The van der Waals surface area contributed by atoms with Crippen LogP contribution in [0.4, 0.5) is 4.39 Å². The molecular weight excluding hydrogens is 323 g/mol. The van der Waals surface area contributed by atoms with Gasteiger partial charge in [-0.25, -0.2) is 4.39 Å². The lowest BCUT2D eigenvalue weighted by atomic mass is 10.1. The van der Waals surface area contributed by atoms with Crippen LogP contribution in [-0.2, 0) is 4.79 Å². The zero-order chi connectivity index (χ0) is 17.6. The van der Waals surface area contributed by atoms with Crippen LogP contribution >= 0.6 is 0 Å². The summed E-state index contributed by atoms with van der Waals surface area (Å²) in [6.45, 7) is 3.92. The van der Waals surface area contributed by atoms with E-state index in [0.717, 1.165) is 16.8 Å². The first kappa shape index (κ1) is 17.4. The van der Waals surface area contributed by atoms with Crippen molar-refractivity contribution in [3.05, 3.63) is 36.2 Å². The first-order valence-electron chi connectivity index (χ1n) is 8.39. The third kappa shape index (κ3) is 4.79. The van der Waals surface area contributed by atoms with Crippen LogP contribution < -0.4 is 10.1 Å². The van der Waals surface area contributed by atoms with Crippen molar-refractivity contribution in [1.82, 2.24) is 20.4 Å². The van der Waals surface area contributed by atoms with Crippen LogP contribution in [0.25, 0.3) is 11.1 Å². The topological polar surface area (TPSA) is 70.2 Å². The Bertz CT molecular complexity index is 719. The van der Waals surface area contributed by atoms with E-state index in [9.17, 15) is 9.18 Å². The van der Waals surface area contributed by atoms with Crippen LogP contribution in [0, 0.1) is 13.0 Å². The van der Waals surface area contributed by atoms with E-state index in [4.69, 9.17) is 4.74 Å². The van der Waals surface area contributed by atoms with Gasteiger partial charge in [0.2, 0.25) is 5.91 Å². The molecule has 2 N–H and O–H groups in total. The number of rotatable bonds is 7. The first-order chi connectivity index (χ1) is 12.1. The molecule has 1 aliphatic heterocycles. The van der Waals surface area contributed by atoms with E-state index in [-0.39, 0.29) is 12.5 Å². The fourth-order valence-electron chi connectivity index (χ4n) is 2.89. The van der Waals surface area contributed by atoms with E-state index in [1.54, 1.807) is 6.07 Å². The summed E-state index contributed by atoms with van der Waals surface area (Å²) >= 11 is 0. The summed E-state index contributed by atoms with van der Waals surface area (Å²) < 4.78 is 18.7. The Hall–Kier alpha value is -2.41. The Morgan fingerprint density at radius 2 is 2.44 bits per heavy atom. The number of amides is 1. The average molecular weight is 345 g/mol. The van der Waals surface area contributed by atoms with Crippen LogP contribution in [0.5, 0.6) is 5.75 Å². The van der Waals surface area contributed by atoms with Crippen LogP contribution in [0.1, 0.15) is 12.1 Å². The van der Waals surface area contributed by atoms with Gasteiger partial charge >= 0.3 is 0 Å². The summed E-state index contributed by atoms with van der Waals surface area (Å²) in [5.74, 6) is 0.583. The second-order valence-corrected chi connectivity index (χ2v) is 6.16. The molecule has 0 spiro atoms. The Kier molecular flexibility index (Phi) is 5.65. The van der Waals surface area contributed by atoms with Gasteiger partial charge in [0.15, 0.2) is 0 Å². The van der Waals surface area contributed by atoms with Crippen molar-refractivity contribution in [2.75, 3.05) is 32.8 Å². The van der Waals surface area contributed by atoms with E-state index < -0.39 is 6.17 Å². The molecule has 1 atom stereocenters. The number of benzene rings is 1. The summed E-state index contributed by atoms with van der Waals surface area (Å²) in [6, 6.07) is 8.60. The van der Waals surface area contributed by atoms with Gasteiger partial charge in [0, 0.05) is 24.8 Å². The maximum atomic E-state index is 13.1. The molecular formula is C18H22FN4O2. The lowest BCUT2D eigenvalue weighted by molar-refractivity contribution is -0.122. The SMILES string of the molecule is Cc1n[nH]cc1-c1c[c]cc(OCCNC(=O)CN2CC[C@H](F)C2)c1. The molecule has 25 heavy (non-hydrogen) atoms. The maximum absolute atomic E-state index is 13.1. The highest BCUT2D eigenvalue weighted by molar-refractivity contribution is 5.78. The molecule has 6 nitrogen and oxygen atoms in total. The number of carbonyl (C=O) groups excluding carboxylic acids is 1. The van der Waals surface area contributed by atoms with Gasteiger partial charge in [0.05, 0.1) is 18.8 Å². The molecule has 2 heterocycles. The number of H-pyrrole nitrogens is 1. The van der Waals surface area contributed by atoms with Crippen molar-refractivity contribution in [2.45, 2.75) is 19.5 Å². The van der Waals surface area contributed by atoms with Crippen LogP contribution in [-0.4, -0.2) is 60.0 Å². The number of likely N-dealkylation sites (tertiary alicyclic amines) is 1. The fourth-order valence-corrected chi connectivity index (χ4v) is 2.89. The third-order valence-electron chi connectivity index (χ3n) is 4.18. The number of nitrogens with zero attached hydrogens (tertiary/aromatic N) is 2. The lowest BCUT2D eigenvalue weighted by Crippen LogP contribution is -2.37. The zero-order valence-electron chi connectivity index (χ0n) is 14.2. The standard InChI is InChI=1S/C18H22FN4O2/c1-13-17(10-21-22-13)14-3-2-4-16(9-14)25-8-6-20-18(24)12-23-7-5-15(19)11-23/h3-4,9-10,15H,5-8,11-12H2,1H3,(H,20,24)(H,21,22)/t15-/m0/s1. The van der Waals surface area contributed by atoms with Crippen molar-refractivity contribution >= 4 is 5.91 Å². The number of carbonyl (C=O) groups is 1. The number of halogens is 1. The number of alkyl halides is 1. The van der Waals surface area contributed by atoms with Crippen molar-refractivity contribution < 1.29 is 13.9 Å². The summed E-state index contributed by atoms with van der Waals surface area (Å²) in [7, 11) is 0. The largest absolute Gasteiger partial charge is 0.492 e. The van der Waals surface area contributed by atoms with E-state index in [0.29, 0.717) is 38.4 Å². The number of aromatic nitrogens is 2.